The van der Waals surface area contributed by atoms with Crippen molar-refractivity contribution in [2.24, 2.45) is 5.92 Å². The van der Waals surface area contributed by atoms with Gasteiger partial charge in [-0.2, -0.15) is 0 Å². The minimum absolute atomic E-state index is 0.0890. The lowest BCUT2D eigenvalue weighted by Gasteiger charge is -2.30. The molecule has 2 aliphatic rings. The van der Waals surface area contributed by atoms with Crippen molar-refractivity contribution in [1.82, 2.24) is 10.2 Å². The van der Waals surface area contributed by atoms with Crippen LogP contribution in [0, 0.1) is 5.92 Å². The minimum Gasteiger partial charge on any atom is -0.467 e. The summed E-state index contributed by atoms with van der Waals surface area (Å²) in [6.45, 7) is 4.28. The summed E-state index contributed by atoms with van der Waals surface area (Å²) >= 11 is 0. The van der Waals surface area contributed by atoms with E-state index in [0.29, 0.717) is 25.8 Å². The Morgan fingerprint density at radius 1 is 1.16 bits per heavy atom. The number of carbonyl (C=O) groups excluding carboxylic acids is 4. The number of amides is 2. The summed E-state index contributed by atoms with van der Waals surface area (Å²) in [5.74, 6) is -2.13. The second kappa shape index (κ2) is 10.6. The number of nitrogens with one attached hydrogen (secondary N) is 1. The SMILES string of the molecule is CC[C@H](C)[C@H](NC(=O)[C@H]1O[C@@H]1C(=O)OCc1ccccc1)C(=O)N1CCC[C@H]1C(=O)OC. The van der Waals surface area contributed by atoms with Crippen molar-refractivity contribution in [3.05, 3.63) is 35.9 Å². The highest BCUT2D eigenvalue weighted by Crippen LogP contribution is 2.26. The van der Waals surface area contributed by atoms with Gasteiger partial charge in [-0.3, -0.25) is 9.59 Å². The number of likely N-dealkylation sites (tertiary alicyclic amines) is 1. The predicted octanol–water partition coefficient (Wildman–Crippen LogP) is 1.19. The van der Waals surface area contributed by atoms with Crippen LogP contribution in [-0.4, -0.2) is 66.6 Å². The molecular formula is C23H30N2O7. The molecule has 0 aliphatic carbocycles. The highest BCUT2D eigenvalue weighted by Gasteiger charge is 2.52. The van der Waals surface area contributed by atoms with Crippen LogP contribution < -0.4 is 5.32 Å². The van der Waals surface area contributed by atoms with Crippen molar-refractivity contribution in [3.8, 4) is 0 Å². The number of esters is 2. The summed E-state index contributed by atoms with van der Waals surface area (Å²) in [5.41, 5.74) is 0.829. The van der Waals surface area contributed by atoms with E-state index >= 15 is 0 Å². The maximum Gasteiger partial charge on any atom is 0.338 e. The normalized spacial score (nSPS) is 23.7. The molecule has 174 valence electrons. The number of ether oxygens (including phenoxy) is 3. The maximum absolute atomic E-state index is 13.2. The van der Waals surface area contributed by atoms with E-state index in [9.17, 15) is 19.2 Å². The lowest BCUT2D eigenvalue weighted by molar-refractivity contribution is -0.152. The van der Waals surface area contributed by atoms with Crippen LogP contribution in [0.3, 0.4) is 0 Å². The standard InChI is InChI=1S/C23H30N2O7/c1-4-14(2)17(21(27)25-12-8-11-16(25)22(28)30-3)24-20(26)18-19(32-18)23(29)31-13-15-9-6-5-7-10-15/h5-7,9-10,14,16-19H,4,8,11-13H2,1-3H3,(H,24,26)/t14-,16-,17-,18-,19-/m0/s1. The number of hydrogen-bond acceptors (Lipinski definition) is 7. The van der Waals surface area contributed by atoms with Crippen LogP contribution in [0.4, 0.5) is 0 Å². The average molecular weight is 447 g/mol. The number of benzene rings is 1. The third kappa shape index (κ3) is 5.45. The van der Waals surface area contributed by atoms with E-state index in [-0.39, 0.29) is 18.4 Å². The molecule has 0 aromatic heterocycles. The van der Waals surface area contributed by atoms with Gasteiger partial charge in [0.15, 0.2) is 12.2 Å². The van der Waals surface area contributed by atoms with Crippen molar-refractivity contribution >= 4 is 23.8 Å². The summed E-state index contributed by atoms with van der Waals surface area (Å²) in [5, 5.41) is 2.73. The first-order valence-electron chi connectivity index (χ1n) is 10.9. The number of carbonyl (C=O) groups is 4. The number of hydrogen-bond donors (Lipinski definition) is 1. The number of epoxide rings is 1. The molecule has 1 N–H and O–H groups in total. The van der Waals surface area contributed by atoms with Gasteiger partial charge in [0.05, 0.1) is 7.11 Å². The van der Waals surface area contributed by atoms with Crippen molar-refractivity contribution < 1.29 is 33.4 Å². The Labute approximate surface area is 187 Å². The minimum atomic E-state index is -0.993. The second-order valence-electron chi connectivity index (χ2n) is 8.16. The topological polar surface area (TPSA) is 115 Å². The highest BCUT2D eigenvalue weighted by molar-refractivity contribution is 5.96. The fraction of sp³-hybridized carbons (Fsp3) is 0.565. The third-order valence-corrected chi connectivity index (χ3v) is 5.99. The van der Waals surface area contributed by atoms with Crippen LogP contribution in [0.15, 0.2) is 30.3 Å². The molecule has 0 saturated carbocycles. The molecule has 0 bridgehead atoms. The summed E-state index contributed by atoms with van der Waals surface area (Å²) in [6, 6.07) is 7.71. The Morgan fingerprint density at radius 2 is 1.88 bits per heavy atom. The lowest BCUT2D eigenvalue weighted by atomic mass is 9.97. The first-order valence-corrected chi connectivity index (χ1v) is 10.9. The molecule has 2 aliphatic heterocycles. The molecular weight excluding hydrogens is 416 g/mol. The van der Waals surface area contributed by atoms with Crippen LogP contribution >= 0.6 is 0 Å². The zero-order valence-corrected chi connectivity index (χ0v) is 18.6. The monoisotopic (exact) mass is 446 g/mol. The van der Waals surface area contributed by atoms with E-state index in [0.717, 1.165) is 5.56 Å². The van der Waals surface area contributed by atoms with E-state index in [2.05, 4.69) is 5.32 Å². The third-order valence-electron chi connectivity index (χ3n) is 5.99. The fourth-order valence-electron chi connectivity index (χ4n) is 3.81. The van der Waals surface area contributed by atoms with E-state index in [1.807, 2.05) is 44.2 Å². The van der Waals surface area contributed by atoms with E-state index in [1.54, 1.807) is 0 Å². The Hall–Kier alpha value is -2.94. The molecule has 2 heterocycles. The Morgan fingerprint density at radius 3 is 2.53 bits per heavy atom. The second-order valence-corrected chi connectivity index (χ2v) is 8.16. The zero-order valence-electron chi connectivity index (χ0n) is 18.6. The van der Waals surface area contributed by atoms with Gasteiger partial charge in [0.25, 0.3) is 5.91 Å². The number of methoxy groups -OCH3 is 1. The molecule has 2 saturated heterocycles. The van der Waals surface area contributed by atoms with Crippen LogP contribution in [0.5, 0.6) is 0 Å². The Kier molecular flexibility index (Phi) is 7.84. The number of nitrogens with zero attached hydrogens (tertiary/aromatic N) is 1. The van der Waals surface area contributed by atoms with Gasteiger partial charge < -0.3 is 24.4 Å². The highest BCUT2D eigenvalue weighted by atomic mass is 16.6. The fourth-order valence-corrected chi connectivity index (χ4v) is 3.81. The van der Waals surface area contributed by atoms with Gasteiger partial charge in [0.2, 0.25) is 5.91 Å². The Balaban J connectivity index is 1.57. The van der Waals surface area contributed by atoms with Crippen molar-refractivity contribution in [1.29, 1.82) is 0 Å². The van der Waals surface area contributed by atoms with Crippen LogP contribution in [0.2, 0.25) is 0 Å². The molecule has 2 amide bonds. The molecule has 32 heavy (non-hydrogen) atoms. The molecule has 0 unspecified atom stereocenters. The summed E-state index contributed by atoms with van der Waals surface area (Å²) in [6.07, 6.45) is -0.121. The van der Waals surface area contributed by atoms with Gasteiger partial charge in [-0.25, -0.2) is 9.59 Å². The molecule has 1 aromatic carbocycles. The van der Waals surface area contributed by atoms with Gasteiger partial charge in [0.1, 0.15) is 18.7 Å². The lowest BCUT2D eigenvalue weighted by Crippen LogP contribution is -2.55. The Bertz CT molecular complexity index is 844. The summed E-state index contributed by atoms with van der Waals surface area (Å²) < 4.78 is 15.3. The van der Waals surface area contributed by atoms with Crippen molar-refractivity contribution in [2.45, 2.75) is 64.0 Å². The van der Waals surface area contributed by atoms with E-state index in [1.165, 1.54) is 12.0 Å². The predicted molar refractivity (Wildman–Crippen MR) is 113 cm³/mol. The van der Waals surface area contributed by atoms with Crippen LogP contribution in [-0.2, 0) is 40.0 Å². The summed E-state index contributed by atoms with van der Waals surface area (Å²) in [4.78, 5) is 51.6. The molecule has 0 spiro atoms. The van der Waals surface area contributed by atoms with Gasteiger partial charge in [-0.15, -0.1) is 0 Å². The van der Waals surface area contributed by atoms with Crippen molar-refractivity contribution in [2.75, 3.05) is 13.7 Å². The van der Waals surface area contributed by atoms with Crippen molar-refractivity contribution in [3.63, 3.8) is 0 Å². The molecule has 2 fully saturated rings. The van der Waals surface area contributed by atoms with Crippen LogP contribution in [0.1, 0.15) is 38.7 Å². The molecule has 9 nitrogen and oxygen atoms in total. The van der Waals surface area contributed by atoms with Gasteiger partial charge in [-0.05, 0) is 24.3 Å². The maximum atomic E-state index is 13.2. The average Bonchev–Trinajstić information content (AvgIpc) is 3.48. The van der Waals surface area contributed by atoms with E-state index < -0.39 is 42.1 Å². The first kappa shape index (κ1) is 23.7. The molecule has 1 aromatic rings. The van der Waals surface area contributed by atoms with Gasteiger partial charge in [0, 0.05) is 6.54 Å². The van der Waals surface area contributed by atoms with Crippen LogP contribution in [0.25, 0.3) is 0 Å². The molecule has 5 atom stereocenters. The van der Waals surface area contributed by atoms with Gasteiger partial charge in [-0.1, -0.05) is 50.6 Å². The van der Waals surface area contributed by atoms with E-state index in [4.69, 9.17) is 14.2 Å². The summed E-state index contributed by atoms with van der Waals surface area (Å²) in [7, 11) is 1.29. The molecule has 9 heteroatoms. The quantitative estimate of drug-likeness (QED) is 0.448. The molecule has 3 rings (SSSR count). The van der Waals surface area contributed by atoms with Gasteiger partial charge >= 0.3 is 11.9 Å². The largest absolute Gasteiger partial charge is 0.467 e. The smallest absolute Gasteiger partial charge is 0.338 e. The molecule has 0 radical (unpaired) electrons. The zero-order chi connectivity index (χ0) is 23.3. The first-order chi connectivity index (χ1) is 15.4. The number of rotatable bonds is 9.